The van der Waals surface area contributed by atoms with E-state index in [0.717, 1.165) is 17.7 Å². The molecule has 2 saturated heterocycles. The van der Waals surface area contributed by atoms with Crippen LogP contribution in [0.3, 0.4) is 0 Å². The van der Waals surface area contributed by atoms with Crippen molar-refractivity contribution in [2.24, 2.45) is 5.73 Å². The fourth-order valence-electron chi connectivity index (χ4n) is 3.34. The van der Waals surface area contributed by atoms with Crippen LogP contribution in [0.2, 0.25) is 0 Å². The van der Waals surface area contributed by atoms with Gasteiger partial charge in [-0.05, 0) is 37.5 Å². The first-order valence-electron chi connectivity index (χ1n) is 8.67. The molecule has 0 bridgehead atoms. The zero-order valence-corrected chi connectivity index (χ0v) is 16.3. The zero-order valence-electron chi connectivity index (χ0n) is 15.4. The number of amides is 4. The van der Waals surface area contributed by atoms with Crippen LogP contribution in [0.4, 0.5) is 4.79 Å². The monoisotopic (exact) mass is 396 g/mol. The summed E-state index contributed by atoms with van der Waals surface area (Å²) in [5, 5.41) is 2.71. The van der Waals surface area contributed by atoms with Gasteiger partial charge in [0.05, 0.1) is 7.11 Å². The number of hydrogen-bond acceptors (Lipinski definition) is 5. The number of carbonyl (C=O) groups is 3. The van der Waals surface area contributed by atoms with E-state index in [4.69, 9.17) is 10.5 Å². The van der Waals surface area contributed by atoms with Gasteiger partial charge in [0.2, 0.25) is 5.91 Å². The van der Waals surface area contributed by atoms with Gasteiger partial charge in [-0.2, -0.15) is 0 Å². The lowest BCUT2D eigenvalue weighted by molar-refractivity contribution is -0.139. The average molecular weight is 397 g/mol. The molecule has 2 aliphatic heterocycles. The van der Waals surface area contributed by atoms with Gasteiger partial charge in [0.1, 0.15) is 17.8 Å². The molecule has 27 heavy (non-hydrogen) atoms. The Hall–Kier alpha value is -2.32. The van der Waals surface area contributed by atoms with Crippen molar-refractivity contribution in [2.45, 2.75) is 31.3 Å². The molecular weight excluding hydrogens is 372 g/mol. The predicted molar refractivity (Wildman–Crippen MR) is 102 cm³/mol. The Bertz CT molecular complexity index is 719. The van der Waals surface area contributed by atoms with Crippen LogP contribution < -0.4 is 15.8 Å². The first-order chi connectivity index (χ1) is 12.3. The lowest BCUT2D eigenvalue weighted by Gasteiger charge is -2.31. The Morgan fingerprint density at radius 1 is 1.26 bits per heavy atom. The lowest BCUT2D eigenvalue weighted by atomic mass is 9.92. The van der Waals surface area contributed by atoms with Crippen molar-refractivity contribution in [3.63, 3.8) is 0 Å². The van der Waals surface area contributed by atoms with E-state index in [2.05, 4.69) is 5.32 Å². The fourth-order valence-corrected chi connectivity index (χ4v) is 3.34. The first-order valence-corrected chi connectivity index (χ1v) is 8.67. The molecule has 0 aromatic heterocycles. The van der Waals surface area contributed by atoms with Gasteiger partial charge >= 0.3 is 6.03 Å². The number of nitrogens with one attached hydrogen (secondary N) is 1. The van der Waals surface area contributed by atoms with Crippen molar-refractivity contribution in [1.29, 1.82) is 0 Å². The van der Waals surface area contributed by atoms with E-state index in [1.807, 2.05) is 0 Å². The van der Waals surface area contributed by atoms with Crippen LogP contribution in [-0.4, -0.2) is 60.4 Å². The van der Waals surface area contributed by atoms with Crippen LogP contribution in [0.15, 0.2) is 24.3 Å². The minimum Gasteiger partial charge on any atom is -0.497 e. The molecule has 2 fully saturated rings. The third-order valence-corrected chi connectivity index (χ3v) is 5.13. The fraction of sp³-hybridized carbons (Fsp3) is 0.500. The summed E-state index contributed by atoms with van der Waals surface area (Å²) in [6.45, 7) is 2.49. The SMILES string of the molecule is COc1ccc(C2(C)NC(=O)N(CC(=O)N3CCC(N)CC3)C2=O)cc1.Cl. The highest BCUT2D eigenvalue weighted by molar-refractivity contribution is 6.09. The molecule has 1 unspecified atom stereocenters. The summed E-state index contributed by atoms with van der Waals surface area (Å²) in [6, 6.07) is 6.46. The van der Waals surface area contributed by atoms with Crippen molar-refractivity contribution in [3.8, 4) is 5.75 Å². The van der Waals surface area contributed by atoms with E-state index in [1.165, 1.54) is 0 Å². The van der Waals surface area contributed by atoms with Gasteiger partial charge in [-0.3, -0.25) is 14.5 Å². The number of likely N-dealkylation sites (tertiary alicyclic amines) is 1. The van der Waals surface area contributed by atoms with Crippen molar-refractivity contribution < 1.29 is 19.1 Å². The molecule has 0 radical (unpaired) electrons. The van der Waals surface area contributed by atoms with Crippen LogP contribution in [0.5, 0.6) is 5.75 Å². The van der Waals surface area contributed by atoms with Gasteiger partial charge in [0.15, 0.2) is 0 Å². The minimum atomic E-state index is -1.20. The second-order valence-corrected chi connectivity index (χ2v) is 6.89. The van der Waals surface area contributed by atoms with Crippen LogP contribution in [0, 0.1) is 0 Å². The van der Waals surface area contributed by atoms with E-state index >= 15 is 0 Å². The third-order valence-electron chi connectivity index (χ3n) is 5.13. The van der Waals surface area contributed by atoms with E-state index in [1.54, 1.807) is 43.2 Å². The Labute approximate surface area is 164 Å². The van der Waals surface area contributed by atoms with Crippen molar-refractivity contribution in [3.05, 3.63) is 29.8 Å². The van der Waals surface area contributed by atoms with Crippen LogP contribution >= 0.6 is 12.4 Å². The summed E-state index contributed by atoms with van der Waals surface area (Å²) in [5.41, 5.74) is 5.28. The number of nitrogens with two attached hydrogens (primary N) is 1. The van der Waals surface area contributed by atoms with Crippen LogP contribution in [0.25, 0.3) is 0 Å². The molecule has 148 valence electrons. The molecule has 1 aromatic carbocycles. The average Bonchev–Trinajstić information content (AvgIpc) is 2.86. The van der Waals surface area contributed by atoms with Gasteiger partial charge in [-0.25, -0.2) is 4.79 Å². The quantitative estimate of drug-likeness (QED) is 0.733. The third kappa shape index (κ3) is 4.01. The number of hydrogen-bond donors (Lipinski definition) is 2. The summed E-state index contributed by atoms with van der Waals surface area (Å²) in [6.07, 6.45) is 1.46. The second kappa shape index (κ2) is 8.14. The lowest BCUT2D eigenvalue weighted by Crippen LogP contribution is -2.48. The Balaban J connectivity index is 0.00000261. The molecule has 8 nitrogen and oxygen atoms in total. The maximum atomic E-state index is 12.9. The number of nitrogens with zero attached hydrogens (tertiary/aromatic N) is 2. The highest BCUT2D eigenvalue weighted by Crippen LogP contribution is 2.30. The molecule has 2 aliphatic rings. The zero-order chi connectivity index (χ0) is 18.9. The molecule has 0 aliphatic carbocycles. The van der Waals surface area contributed by atoms with E-state index in [0.29, 0.717) is 24.4 Å². The number of piperidine rings is 1. The minimum absolute atomic E-state index is 0. The number of urea groups is 1. The van der Waals surface area contributed by atoms with E-state index < -0.39 is 17.5 Å². The van der Waals surface area contributed by atoms with Gasteiger partial charge in [-0.1, -0.05) is 12.1 Å². The van der Waals surface area contributed by atoms with E-state index in [9.17, 15) is 14.4 Å². The number of ether oxygens (including phenoxy) is 1. The summed E-state index contributed by atoms with van der Waals surface area (Å²) in [7, 11) is 1.56. The highest BCUT2D eigenvalue weighted by Gasteiger charge is 2.49. The summed E-state index contributed by atoms with van der Waals surface area (Å²) >= 11 is 0. The number of carbonyl (C=O) groups excluding carboxylic acids is 3. The number of imide groups is 1. The molecule has 1 aromatic rings. The number of rotatable bonds is 4. The number of benzene rings is 1. The standard InChI is InChI=1S/C18H24N4O4.ClH/c1-18(12-3-5-14(26-2)6-4-12)16(24)22(17(25)20-18)11-15(23)21-9-7-13(19)8-10-21;/h3-6,13H,7-11,19H2,1-2H3,(H,20,25);1H. The van der Waals surface area contributed by atoms with Crippen LogP contribution in [-0.2, 0) is 15.1 Å². The van der Waals surface area contributed by atoms with Crippen molar-refractivity contribution in [1.82, 2.24) is 15.1 Å². The molecule has 3 rings (SSSR count). The molecule has 0 saturated carbocycles. The smallest absolute Gasteiger partial charge is 0.325 e. The van der Waals surface area contributed by atoms with Crippen molar-refractivity contribution in [2.75, 3.05) is 26.7 Å². The normalized spacial score (nSPS) is 23.1. The first kappa shape index (κ1) is 21.0. The molecule has 2 heterocycles. The maximum absolute atomic E-state index is 12.9. The van der Waals surface area contributed by atoms with E-state index in [-0.39, 0.29) is 30.9 Å². The number of methoxy groups -OCH3 is 1. The topological polar surface area (TPSA) is 105 Å². The van der Waals surface area contributed by atoms with Gasteiger partial charge in [0.25, 0.3) is 5.91 Å². The number of halogens is 1. The van der Waals surface area contributed by atoms with Crippen LogP contribution in [0.1, 0.15) is 25.3 Å². The van der Waals surface area contributed by atoms with Gasteiger partial charge in [0, 0.05) is 19.1 Å². The van der Waals surface area contributed by atoms with Gasteiger partial charge < -0.3 is 20.7 Å². The molecule has 3 N–H and O–H groups in total. The van der Waals surface area contributed by atoms with Gasteiger partial charge in [-0.15, -0.1) is 12.4 Å². The summed E-state index contributed by atoms with van der Waals surface area (Å²) < 4.78 is 5.12. The molecule has 9 heteroatoms. The van der Waals surface area contributed by atoms with Crippen molar-refractivity contribution >= 4 is 30.3 Å². The Morgan fingerprint density at radius 2 is 1.85 bits per heavy atom. The largest absolute Gasteiger partial charge is 0.497 e. The summed E-state index contributed by atoms with van der Waals surface area (Å²) in [5.74, 6) is -0.0152. The molecule has 1 atom stereocenters. The highest BCUT2D eigenvalue weighted by atomic mass is 35.5. The summed E-state index contributed by atoms with van der Waals surface area (Å²) in [4.78, 5) is 40.4. The molecule has 4 amide bonds. The predicted octanol–water partition coefficient (Wildman–Crippen LogP) is 0.834. The second-order valence-electron chi connectivity index (χ2n) is 6.89. The molecule has 0 spiro atoms. The Kier molecular flexibility index (Phi) is 6.33. The molecular formula is C18H25ClN4O4. The maximum Gasteiger partial charge on any atom is 0.325 e. The Morgan fingerprint density at radius 3 is 2.41 bits per heavy atom.